The minimum atomic E-state index is -1.13. The van der Waals surface area contributed by atoms with E-state index in [4.69, 9.17) is 0 Å². The third-order valence-electron chi connectivity index (χ3n) is 6.04. The molecule has 0 aliphatic carbocycles. The van der Waals surface area contributed by atoms with Crippen LogP contribution in [0.3, 0.4) is 0 Å². The van der Waals surface area contributed by atoms with E-state index in [-0.39, 0.29) is 29.5 Å². The van der Waals surface area contributed by atoms with Gasteiger partial charge in [0.05, 0.1) is 18.3 Å². The molecule has 0 saturated heterocycles. The third kappa shape index (κ3) is 4.64. The molecule has 35 heavy (non-hydrogen) atoms. The van der Waals surface area contributed by atoms with Crippen molar-refractivity contribution in [1.29, 1.82) is 0 Å². The number of phenols is 1. The SMILES string of the molecule is C[C@@H]1c2ccc(C(=O)NCc3c(F)cc(F)cc3F)cc2N(Cc2ccc(O)cc2F)C(=O)N1C. The fourth-order valence-corrected chi connectivity index (χ4v) is 3.94. The largest absolute Gasteiger partial charge is 0.508 e. The predicted octanol–water partition coefficient (Wildman–Crippen LogP) is 5.01. The molecule has 0 saturated carbocycles. The summed E-state index contributed by atoms with van der Waals surface area (Å²) in [6, 6.07) is 8.48. The number of anilines is 1. The van der Waals surface area contributed by atoms with Crippen molar-refractivity contribution in [2.45, 2.75) is 26.1 Å². The van der Waals surface area contributed by atoms with Gasteiger partial charge in [0, 0.05) is 48.5 Å². The fourth-order valence-electron chi connectivity index (χ4n) is 3.94. The quantitative estimate of drug-likeness (QED) is 0.497. The molecule has 0 bridgehead atoms. The van der Waals surface area contributed by atoms with Crippen LogP contribution in [0.1, 0.15) is 40.0 Å². The van der Waals surface area contributed by atoms with Crippen LogP contribution in [-0.2, 0) is 13.1 Å². The van der Waals surface area contributed by atoms with E-state index in [1.807, 2.05) is 0 Å². The molecular formula is C25H21F4N3O3. The van der Waals surface area contributed by atoms with E-state index in [1.165, 1.54) is 34.1 Å². The minimum Gasteiger partial charge on any atom is -0.508 e. The lowest BCUT2D eigenvalue weighted by Gasteiger charge is -2.39. The van der Waals surface area contributed by atoms with Crippen molar-refractivity contribution in [1.82, 2.24) is 10.2 Å². The highest BCUT2D eigenvalue weighted by Gasteiger charge is 2.34. The number of rotatable bonds is 5. The number of amides is 3. The Labute approximate surface area is 198 Å². The van der Waals surface area contributed by atoms with Gasteiger partial charge in [-0.2, -0.15) is 0 Å². The Hall–Kier alpha value is -4.08. The van der Waals surface area contributed by atoms with Crippen molar-refractivity contribution in [3.8, 4) is 5.75 Å². The second kappa shape index (κ2) is 9.28. The molecule has 3 aromatic rings. The average Bonchev–Trinajstić information content (AvgIpc) is 2.80. The Bertz CT molecular complexity index is 1310. The molecule has 0 unspecified atom stereocenters. The number of nitrogens with zero attached hydrogens (tertiary/aromatic N) is 2. The second-order valence-electron chi connectivity index (χ2n) is 8.24. The van der Waals surface area contributed by atoms with Gasteiger partial charge in [-0.1, -0.05) is 12.1 Å². The summed E-state index contributed by atoms with van der Waals surface area (Å²) >= 11 is 0. The fraction of sp³-hybridized carbons (Fsp3) is 0.200. The zero-order chi connectivity index (χ0) is 25.4. The van der Waals surface area contributed by atoms with E-state index in [1.54, 1.807) is 20.0 Å². The van der Waals surface area contributed by atoms with Crippen LogP contribution in [0.25, 0.3) is 0 Å². The highest BCUT2D eigenvalue weighted by Crippen LogP contribution is 2.37. The van der Waals surface area contributed by atoms with Crippen molar-refractivity contribution in [2.75, 3.05) is 11.9 Å². The van der Waals surface area contributed by atoms with Gasteiger partial charge in [-0.3, -0.25) is 9.69 Å². The number of nitrogens with one attached hydrogen (secondary N) is 1. The Morgan fingerprint density at radius 1 is 1.00 bits per heavy atom. The molecule has 4 rings (SSSR count). The van der Waals surface area contributed by atoms with Gasteiger partial charge in [0.15, 0.2) is 0 Å². The maximum Gasteiger partial charge on any atom is 0.325 e. The number of hydrogen-bond donors (Lipinski definition) is 2. The molecule has 0 fully saturated rings. The summed E-state index contributed by atoms with van der Waals surface area (Å²) in [5, 5.41) is 11.9. The molecule has 3 aromatic carbocycles. The monoisotopic (exact) mass is 487 g/mol. The van der Waals surface area contributed by atoms with Gasteiger partial charge in [-0.05, 0) is 30.7 Å². The number of halogens is 4. The summed E-state index contributed by atoms with van der Waals surface area (Å²) in [5.74, 6) is -4.95. The highest BCUT2D eigenvalue weighted by molar-refractivity contribution is 5.99. The van der Waals surface area contributed by atoms with Gasteiger partial charge in [0.1, 0.15) is 29.0 Å². The van der Waals surface area contributed by atoms with Crippen molar-refractivity contribution < 1.29 is 32.3 Å². The number of hydrogen-bond acceptors (Lipinski definition) is 3. The van der Waals surface area contributed by atoms with E-state index in [2.05, 4.69) is 5.32 Å². The van der Waals surface area contributed by atoms with Crippen LogP contribution < -0.4 is 10.2 Å². The molecule has 10 heteroatoms. The van der Waals surface area contributed by atoms with E-state index >= 15 is 0 Å². The van der Waals surface area contributed by atoms with Crippen molar-refractivity contribution >= 4 is 17.6 Å². The van der Waals surface area contributed by atoms with Crippen LogP contribution >= 0.6 is 0 Å². The number of aromatic hydroxyl groups is 1. The maximum atomic E-state index is 14.4. The highest BCUT2D eigenvalue weighted by atomic mass is 19.1. The van der Waals surface area contributed by atoms with Crippen LogP contribution in [0.15, 0.2) is 48.5 Å². The van der Waals surface area contributed by atoms with Gasteiger partial charge >= 0.3 is 6.03 Å². The molecule has 3 amide bonds. The average molecular weight is 487 g/mol. The molecule has 1 atom stereocenters. The first-order valence-electron chi connectivity index (χ1n) is 10.6. The second-order valence-corrected chi connectivity index (χ2v) is 8.24. The van der Waals surface area contributed by atoms with Gasteiger partial charge in [-0.25, -0.2) is 22.4 Å². The number of fused-ring (bicyclic) bond motifs is 1. The number of carbonyl (C=O) groups is 2. The smallest absolute Gasteiger partial charge is 0.325 e. The van der Waals surface area contributed by atoms with E-state index in [9.17, 15) is 32.3 Å². The first-order chi connectivity index (χ1) is 16.6. The maximum absolute atomic E-state index is 14.4. The minimum absolute atomic E-state index is 0.104. The summed E-state index contributed by atoms with van der Waals surface area (Å²) in [6.45, 7) is 1.12. The van der Waals surface area contributed by atoms with Gasteiger partial charge in [0.25, 0.3) is 5.91 Å². The molecule has 182 valence electrons. The predicted molar refractivity (Wildman–Crippen MR) is 120 cm³/mol. The van der Waals surface area contributed by atoms with Crippen molar-refractivity contribution in [3.63, 3.8) is 0 Å². The molecule has 1 heterocycles. The van der Waals surface area contributed by atoms with Crippen LogP contribution in [0.5, 0.6) is 5.75 Å². The standard InChI is InChI=1S/C25H21F4N3O3/c1-13-18-6-4-14(24(34)30-11-19-21(28)8-16(26)9-22(19)29)7-23(18)32(25(35)31(13)2)12-15-3-5-17(33)10-20(15)27/h3-10,13,33H,11-12H2,1-2H3,(H,30,34)/t13-/m1/s1. The van der Waals surface area contributed by atoms with E-state index in [0.29, 0.717) is 23.4 Å². The number of urea groups is 1. The van der Waals surface area contributed by atoms with Crippen LogP contribution in [0.2, 0.25) is 0 Å². The number of benzene rings is 3. The van der Waals surface area contributed by atoms with Gasteiger partial charge in [-0.15, -0.1) is 0 Å². The molecule has 0 radical (unpaired) electrons. The molecule has 0 aromatic heterocycles. The zero-order valence-corrected chi connectivity index (χ0v) is 18.8. The van der Waals surface area contributed by atoms with E-state index in [0.717, 1.165) is 6.07 Å². The molecule has 1 aliphatic heterocycles. The zero-order valence-electron chi connectivity index (χ0n) is 18.8. The lowest BCUT2D eigenvalue weighted by atomic mass is 9.98. The topological polar surface area (TPSA) is 72.9 Å². The first-order valence-corrected chi connectivity index (χ1v) is 10.6. The summed E-state index contributed by atoms with van der Waals surface area (Å²) in [4.78, 5) is 28.6. The third-order valence-corrected chi connectivity index (χ3v) is 6.04. The first kappa shape index (κ1) is 24.1. The molecule has 6 nitrogen and oxygen atoms in total. The lowest BCUT2D eigenvalue weighted by Crippen LogP contribution is -2.46. The summed E-state index contributed by atoms with van der Waals surface area (Å²) < 4.78 is 55.3. The van der Waals surface area contributed by atoms with Gasteiger partial charge < -0.3 is 15.3 Å². The number of phenolic OH excluding ortho intramolecular Hbond substituents is 1. The van der Waals surface area contributed by atoms with Crippen molar-refractivity contribution in [3.05, 3.63) is 94.1 Å². The lowest BCUT2D eigenvalue weighted by molar-refractivity contribution is 0.0950. The Balaban J connectivity index is 1.63. The number of carbonyl (C=O) groups excluding carboxylic acids is 2. The summed E-state index contributed by atoms with van der Waals surface area (Å²) in [5.41, 5.74) is 0.848. The summed E-state index contributed by atoms with van der Waals surface area (Å²) in [7, 11) is 1.60. The van der Waals surface area contributed by atoms with E-state index < -0.39 is 47.3 Å². The Kier molecular flexibility index (Phi) is 6.38. The molecule has 1 aliphatic rings. The molecule has 0 spiro atoms. The Morgan fingerprint density at radius 2 is 1.69 bits per heavy atom. The van der Waals surface area contributed by atoms with Crippen LogP contribution in [0.4, 0.5) is 28.0 Å². The van der Waals surface area contributed by atoms with Crippen LogP contribution in [0, 0.1) is 23.3 Å². The molecular weight excluding hydrogens is 466 g/mol. The Morgan fingerprint density at radius 3 is 2.34 bits per heavy atom. The van der Waals surface area contributed by atoms with Crippen molar-refractivity contribution in [2.24, 2.45) is 0 Å². The van der Waals surface area contributed by atoms with Gasteiger partial charge in [0.2, 0.25) is 0 Å². The normalized spacial score (nSPS) is 15.3. The summed E-state index contributed by atoms with van der Waals surface area (Å²) in [6.07, 6.45) is 0. The molecule has 2 N–H and O–H groups in total. The van der Waals surface area contributed by atoms with Crippen LogP contribution in [-0.4, -0.2) is 29.0 Å².